The smallest absolute Gasteiger partial charge is 0.226 e. The number of aryl methyl sites for hydroxylation is 2. The van der Waals surface area contributed by atoms with Crippen LogP contribution in [0.2, 0.25) is 0 Å². The first-order valence-electron chi connectivity index (χ1n) is 6.15. The minimum Gasteiger partial charge on any atom is -0.361 e. The van der Waals surface area contributed by atoms with Crippen LogP contribution in [0.25, 0.3) is 0 Å². The fourth-order valence-electron chi connectivity index (χ4n) is 1.77. The SMILES string of the molecule is CC(=O)c1csc(NC(=O)CCc2c(C)noc2C)n1. The van der Waals surface area contributed by atoms with Gasteiger partial charge in [0.2, 0.25) is 5.91 Å². The van der Waals surface area contributed by atoms with Crippen molar-refractivity contribution in [2.75, 3.05) is 5.32 Å². The zero-order valence-corrected chi connectivity index (χ0v) is 12.3. The lowest BCUT2D eigenvalue weighted by molar-refractivity contribution is -0.116. The minimum atomic E-state index is -0.144. The number of hydrogen-bond donors (Lipinski definition) is 1. The molecule has 0 aliphatic carbocycles. The second kappa shape index (κ2) is 5.96. The molecule has 0 fully saturated rings. The molecule has 0 aliphatic heterocycles. The van der Waals surface area contributed by atoms with E-state index in [0.717, 1.165) is 17.0 Å². The average Bonchev–Trinajstić information content (AvgIpc) is 2.96. The maximum Gasteiger partial charge on any atom is 0.226 e. The molecular formula is C13H15N3O3S. The zero-order valence-electron chi connectivity index (χ0n) is 11.5. The third-order valence-corrected chi connectivity index (χ3v) is 3.65. The second-order valence-electron chi connectivity index (χ2n) is 4.44. The van der Waals surface area contributed by atoms with E-state index in [1.165, 1.54) is 18.3 Å². The molecule has 0 saturated carbocycles. The van der Waals surface area contributed by atoms with Crippen molar-refractivity contribution in [3.05, 3.63) is 28.1 Å². The topological polar surface area (TPSA) is 85.1 Å². The number of anilines is 1. The summed E-state index contributed by atoms with van der Waals surface area (Å²) in [7, 11) is 0. The molecule has 0 aliphatic rings. The van der Waals surface area contributed by atoms with Gasteiger partial charge in [0.05, 0.1) is 5.69 Å². The van der Waals surface area contributed by atoms with E-state index in [4.69, 9.17) is 4.52 Å². The normalized spacial score (nSPS) is 10.6. The zero-order chi connectivity index (χ0) is 14.7. The highest BCUT2D eigenvalue weighted by molar-refractivity contribution is 7.14. The Bertz CT molecular complexity index is 626. The van der Waals surface area contributed by atoms with Crippen molar-refractivity contribution in [2.45, 2.75) is 33.6 Å². The van der Waals surface area contributed by atoms with Crippen molar-refractivity contribution < 1.29 is 14.1 Å². The molecule has 1 amide bonds. The fourth-order valence-corrected chi connectivity index (χ4v) is 2.54. The van der Waals surface area contributed by atoms with Crippen LogP contribution in [0.5, 0.6) is 0 Å². The minimum absolute atomic E-state index is 0.113. The molecule has 0 bridgehead atoms. The maximum atomic E-state index is 11.8. The molecule has 2 aromatic rings. The molecule has 20 heavy (non-hydrogen) atoms. The molecule has 106 valence electrons. The van der Waals surface area contributed by atoms with E-state index in [2.05, 4.69) is 15.5 Å². The van der Waals surface area contributed by atoms with Crippen LogP contribution in [-0.4, -0.2) is 21.8 Å². The van der Waals surface area contributed by atoms with Gasteiger partial charge in [-0.05, 0) is 20.3 Å². The Morgan fingerprint density at radius 2 is 2.15 bits per heavy atom. The fraction of sp³-hybridized carbons (Fsp3) is 0.385. The Morgan fingerprint density at radius 1 is 1.40 bits per heavy atom. The summed E-state index contributed by atoms with van der Waals surface area (Å²) in [4.78, 5) is 27.0. The first kappa shape index (κ1) is 14.4. The summed E-state index contributed by atoms with van der Waals surface area (Å²) in [5, 5.41) is 8.60. The van der Waals surface area contributed by atoms with E-state index < -0.39 is 0 Å². The summed E-state index contributed by atoms with van der Waals surface area (Å²) in [5.41, 5.74) is 2.14. The molecular weight excluding hydrogens is 278 g/mol. The number of aromatic nitrogens is 2. The lowest BCUT2D eigenvalue weighted by Crippen LogP contribution is -2.12. The van der Waals surface area contributed by atoms with Gasteiger partial charge in [-0.2, -0.15) is 0 Å². The van der Waals surface area contributed by atoms with E-state index in [9.17, 15) is 9.59 Å². The van der Waals surface area contributed by atoms with Crippen molar-refractivity contribution in [1.82, 2.24) is 10.1 Å². The van der Waals surface area contributed by atoms with Gasteiger partial charge in [-0.3, -0.25) is 9.59 Å². The monoisotopic (exact) mass is 293 g/mol. The molecule has 0 unspecified atom stereocenters. The van der Waals surface area contributed by atoms with E-state index in [-0.39, 0.29) is 11.7 Å². The van der Waals surface area contributed by atoms with Crippen LogP contribution in [0.15, 0.2) is 9.90 Å². The number of nitrogens with zero attached hydrogens (tertiary/aromatic N) is 2. The van der Waals surface area contributed by atoms with E-state index in [1.54, 1.807) is 5.38 Å². The maximum absolute atomic E-state index is 11.8. The summed E-state index contributed by atoms with van der Waals surface area (Å²) in [6.07, 6.45) is 0.885. The van der Waals surface area contributed by atoms with Gasteiger partial charge in [0, 0.05) is 24.3 Å². The number of hydrogen-bond acceptors (Lipinski definition) is 6. The van der Waals surface area contributed by atoms with Crippen LogP contribution in [0.4, 0.5) is 5.13 Å². The number of carbonyl (C=O) groups excluding carboxylic acids is 2. The third-order valence-electron chi connectivity index (χ3n) is 2.89. The number of amides is 1. The predicted octanol–water partition coefficient (Wildman–Crippen LogP) is 2.52. The third kappa shape index (κ3) is 3.30. The summed E-state index contributed by atoms with van der Waals surface area (Å²) in [5.74, 6) is 0.482. The lowest BCUT2D eigenvalue weighted by Gasteiger charge is -2.01. The van der Waals surface area contributed by atoms with E-state index in [1.807, 2.05) is 13.8 Å². The van der Waals surface area contributed by atoms with Crippen molar-refractivity contribution in [1.29, 1.82) is 0 Å². The van der Waals surface area contributed by atoms with Gasteiger partial charge in [0.15, 0.2) is 10.9 Å². The van der Waals surface area contributed by atoms with Gasteiger partial charge in [0.1, 0.15) is 11.5 Å². The number of carbonyl (C=O) groups is 2. The molecule has 0 radical (unpaired) electrons. The van der Waals surface area contributed by atoms with E-state index in [0.29, 0.717) is 23.7 Å². The first-order valence-corrected chi connectivity index (χ1v) is 7.03. The van der Waals surface area contributed by atoms with Gasteiger partial charge in [-0.1, -0.05) is 5.16 Å². The van der Waals surface area contributed by atoms with Crippen molar-refractivity contribution in [2.24, 2.45) is 0 Å². The molecule has 0 atom stereocenters. The number of ketones is 1. The van der Waals surface area contributed by atoms with Crippen LogP contribution >= 0.6 is 11.3 Å². The van der Waals surface area contributed by atoms with Gasteiger partial charge in [-0.25, -0.2) is 4.98 Å². The molecule has 2 rings (SSSR count). The Balaban J connectivity index is 1.91. The van der Waals surface area contributed by atoms with Crippen LogP contribution in [-0.2, 0) is 11.2 Å². The number of rotatable bonds is 5. The van der Waals surface area contributed by atoms with Crippen molar-refractivity contribution in [3.8, 4) is 0 Å². The van der Waals surface area contributed by atoms with Crippen molar-refractivity contribution in [3.63, 3.8) is 0 Å². The second-order valence-corrected chi connectivity index (χ2v) is 5.30. The summed E-state index contributed by atoms with van der Waals surface area (Å²) in [6, 6.07) is 0. The molecule has 7 heteroatoms. The Morgan fingerprint density at radius 3 is 2.70 bits per heavy atom. The van der Waals surface area contributed by atoms with Crippen LogP contribution in [0.3, 0.4) is 0 Å². The Hall–Kier alpha value is -2.02. The van der Waals surface area contributed by atoms with Gasteiger partial charge in [-0.15, -0.1) is 11.3 Å². The molecule has 0 saturated heterocycles. The van der Waals surface area contributed by atoms with Gasteiger partial charge >= 0.3 is 0 Å². The van der Waals surface area contributed by atoms with Gasteiger partial charge < -0.3 is 9.84 Å². The molecule has 2 aromatic heterocycles. The highest BCUT2D eigenvalue weighted by atomic mass is 32.1. The molecule has 2 heterocycles. The summed E-state index contributed by atoms with van der Waals surface area (Å²) < 4.78 is 5.05. The average molecular weight is 293 g/mol. The quantitative estimate of drug-likeness (QED) is 0.856. The van der Waals surface area contributed by atoms with Gasteiger partial charge in [0.25, 0.3) is 0 Å². The number of nitrogens with one attached hydrogen (secondary N) is 1. The van der Waals surface area contributed by atoms with Crippen LogP contribution in [0, 0.1) is 13.8 Å². The highest BCUT2D eigenvalue weighted by Crippen LogP contribution is 2.17. The standard InChI is InChI=1S/C13H15N3O3S/c1-7-10(9(3)19-16-7)4-5-12(18)15-13-14-11(6-20-13)8(2)17/h6H,4-5H2,1-3H3,(H,14,15,18). The lowest BCUT2D eigenvalue weighted by atomic mass is 10.1. The van der Waals surface area contributed by atoms with Crippen LogP contribution in [0.1, 0.15) is 40.9 Å². The molecule has 0 spiro atoms. The summed E-state index contributed by atoms with van der Waals surface area (Å²) in [6.45, 7) is 5.12. The molecule has 1 N–H and O–H groups in total. The first-order chi connectivity index (χ1) is 9.47. The van der Waals surface area contributed by atoms with E-state index >= 15 is 0 Å². The summed E-state index contributed by atoms with van der Waals surface area (Å²) >= 11 is 1.24. The highest BCUT2D eigenvalue weighted by Gasteiger charge is 2.13. The number of thiazole rings is 1. The van der Waals surface area contributed by atoms with Crippen molar-refractivity contribution >= 4 is 28.2 Å². The molecule has 0 aromatic carbocycles. The Labute approximate surface area is 120 Å². The predicted molar refractivity (Wildman–Crippen MR) is 75.0 cm³/mol. The Kier molecular flexibility index (Phi) is 4.29. The van der Waals surface area contributed by atoms with Crippen LogP contribution < -0.4 is 5.32 Å². The number of Topliss-reactive ketones (excluding diaryl/α,β-unsaturated/α-hetero) is 1. The molecule has 6 nitrogen and oxygen atoms in total. The largest absolute Gasteiger partial charge is 0.361 e.